The Morgan fingerprint density at radius 2 is 1.89 bits per heavy atom. The fourth-order valence-electron chi connectivity index (χ4n) is 2.07. The molecule has 0 atom stereocenters. The summed E-state index contributed by atoms with van der Waals surface area (Å²) >= 11 is 0. The Morgan fingerprint density at radius 1 is 1.32 bits per heavy atom. The molecule has 0 aliphatic carbocycles. The SMILES string of the molecule is COC(=O)c1cnc(N2CCC(C(N)=O)CC2)nc1. The van der Waals surface area contributed by atoms with Gasteiger partial charge in [-0.3, -0.25) is 4.79 Å². The van der Waals surface area contributed by atoms with Crippen LogP contribution < -0.4 is 10.6 Å². The smallest absolute Gasteiger partial charge is 0.341 e. The minimum absolute atomic E-state index is 0.0643. The average Bonchev–Trinajstić information content (AvgIpc) is 2.46. The van der Waals surface area contributed by atoms with Crippen LogP contribution in [0.5, 0.6) is 0 Å². The lowest BCUT2D eigenvalue weighted by molar-refractivity contribution is -0.122. The third kappa shape index (κ3) is 2.98. The molecule has 102 valence electrons. The lowest BCUT2D eigenvalue weighted by atomic mass is 9.96. The Bertz CT molecular complexity index is 466. The second kappa shape index (κ2) is 5.64. The lowest BCUT2D eigenvalue weighted by Gasteiger charge is -2.30. The van der Waals surface area contributed by atoms with Crippen LogP contribution in [-0.2, 0) is 9.53 Å². The van der Waals surface area contributed by atoms with Crippen molar-refractivity contribution < 1.29 is 14.3 Å². The molecule has 1 aromatic rings. The van der Waals surface area contributed by atoms with Gasteiger partial charge in [-0.15, -0.1) is 0 Å². The number of ether oxygens (including phenoxy) is 1. The zero-order valence-electron chi connectivity index (χ0n) is 10.7. The van der Waals surface area contributed by atoms with Crippen LogP contribution in [0.3, 0.4) is 0 Å². The first-order valence-electron chi connectivity index (χ1n) is 6.06. The number of hydrogen-bond acceptors (Lipinski definition) is 6. The van der Waals surface area contributed by atoms with E-state index in [0.29, 0.717) is 37.4 Å². The molecule has 1 aliphatic heterocycles. The topological polar surface area (TPSA) is 98.4 Å². The van der Waals surface area contributed by atoms with Crippen LogP contribution >= 0.6 is 0 Å². The number of carbonyl (C=O) groups is 2. The van der Waals surface area contributed by atoms with Crippen LogP contribution in [0, 0.1) is 5.92 Å². The number of methoxy groups -OCH3 is 1. The van der Waals surface area contributed by atoms with Gasteiger partial charge in [0, 0.05) is 31.4 Å². The van der Waals surface area contributed by atoms with Gasteiger partial charge in [0.15, 0.2) is 0 Å². The van der Waals surface area contributed by atoms with Gasteiger partial charge >= 0.3 is 5.97 Å². The number of primary amides is 1. The molecule has 2 rings (SSSR count). The van der Waals surface area contributed by atoms with Crippen molar-refractivity contribution in [1.82, 2.24) is 9.97 Å². The second-order valence-corrected chi connectivity index (χ2v) is 4.43. The molecule has 7 heteroatoms. The van der Waals surface area contributed by atoms with Gasteiger partial charge < -0.3 is 15.4 Å². The minimum atomic E-state index is -0.459. The molecular formula is C12H16N4O3. The maximum Gasteiger partial charge on any atom is 0.341 e. The molecule has 1 amide bonds. The predicted octanol–water partition coefficient (Wildman–Crippen LogP) is -0.0351. The van der Waals surface area contributed by atoms with Gasteiger partial charge in [0.2, 0.25) is 11.9 Å². The quantitative estimate of drug-likeness (QED) is 0.769. The number of rotatable bonds is 3. The number of carbonyl (C=O) groups excluding carboxylic acids is 2. The molecule has 7 nitrogen and oxygen atoms in total. The van der Waals surface area contributed by atoms with E-state index >= 15 is 0 Å². The van der Waals surface area contributed by atoms with E-state index in [0.717, 1.165) is 0 Å². The van der Waals surface area contributed by atoms with E-state index in [2.05, 4.69) is 14.7 Å². The first kappa shape index (κ1) is 13.3. The monoisotopic (exact) mass is 264 g/mol. The Morgan fingerprint density at radius 3 is 2.37 bits per heavy atom. The Hall–Kier alpha value is -2.18. The predicted molar refractivity (Wildman–Crippen MR) is 67.5 cm³/mol. The summed E-state index contributed by atoms with van der Waals surface area (Å²) in [7, 11) is 1.31. The summed E-state index contributed by atoms with van der Waals surface area (Å²) in [6, 6.07) is 0. The second-order valence-electron chi connectivity index (χ2n) is 4.43. The normalized spacial score (nSPS) is 16.2. The zero-order chi connectivity index (χ0) is 13.8. The number of esters is 1. The molecule has 0 radical (unpaired) electrons. The van der Waals surface area contributed by atoms with Crippen LogP contribution in [0.1, 0.15) is 23.2 Å². The van der Waals surface area contributed by atoms with Crippen LogP contribution in [-0.4, -0.2) is 42.0 Å². The summed E-state index contributed by atoms with van der Waals surface area (Å²) in [5, 5.41) is 0. The Kier molecular flexibility index (Phi) is 3.94. The van der Waals surface area contributed by atoms with Crippen molar-refractivity contribution in [3.05, 3.63) is 18.0 Å². The van der Waals surface area contributed by atoms with Crippen molar-refractivity contribution in [2.45, 2.75) is 12.8 Å². The number of nitrogens with two attached hydrogens (primary N) is 1. The van der Waals surface area contributed by atoms with Gasteiger partial charge in [0.25, 0.3) is 0 Å². The Labute approximate surface area is 110 Å². The molecular weight excluding hydrogens is 248 g/mol. The van der Waals surface area contributed by atoms with E-state index in [1.165, 1.54) is 19.5 Å². The third-order valence-electron chi connectivity index (χ3n) is 3.24. The van der Waals surface area contributed by atoms with Crippen molar-refractivity contribution in [1.29, 1.82) is 0 Å². The van der Waals surface area contributed by atoms with Gasteiger partial charge in [-0.05, 0) is 12.8 Å². The van der Waals surface area contributed by atoms with Crippen molar-refractivity contribution >= 4 is 17.8 Å². The molecule has 19 heavy (non-hydrogen) atoms. The van der Waals surface area contributed by atoms with Crippen molar-refractivity contribution in [3.8, 4) is 0 Å². The summed E-state index contributed by atoms with van der Waals surface area (Å²) in [6.07, 6.45) is 4.29. The number of aromatic nitrogens is 2. The first-order valence-corrected chi connectivity index (χ1v) is 6.06. The zero-order valence-corrected chi connectivity index (χ0v) is 10.7. The summed E-state index contributed by atoms with van der Waals surface area (Å²) < 4.78 is 4.58. The molecule has 1 aromatic heterocycles. The molecule has 0 saturated carbocycles. The molecule has 2 N–H and O–H groups in total. The van der Waals surface area contributed by atoms with E-state index in [-0.39, 0.29) is 11.8 Å². The highest BCUT2D eigenvalue weighted by atomic mass is 16.5. The third-order valence-corrected chi connectivity index (χ3v) is 3.24. The fourth-order valence-corrected chi connectivity index (χ4v) is 2.07. The largest absolute Gasteiger partial charge is 0.465 e. The number of nitrogens with zero attached hydrogens (tertiary/aromatic N) is 3. The van der Waals surface area contributed by atoms with Crippen LogP contribution in [0.15, 0.2) is 12.4 Å². The van der Waals surface area contributed by atoms with Crippen molar-refractivity contribution in [2.75, 3.05) is 25.1 Å². The van der Waals surface area contributed by atoms with E-state index in [1.807, 2.05) is 4.90 Å². The van der Waals surface area contributed by atoms with Crippen molar-refractivity contribution in [2.24, 2.45) is 11.7 Å². The van der Waals surface area contributed by atoms with Crippen LogP contribution in [0.25, 0.3) is 0 Å². The van der Waals surface area contributed by atoms with Gasteiger partial charge in [-0.2, -0.15) is 0 Å². The molecule has 0 aromatic carbocycles. The first-order chi connectivity index (χ1) is 9.11. The summed E-state index contributed by atoms with van der Waals surface area (Å²) in [5.41, 5.74) is 5.60. The summed E-state index contributed by atoms with van der Waals surface area (Å²) in [4.78, 5) is 32.6. The van der Waals surface area contributed by atoms with E-state index < -0.39 is 5.97 Å². The molecule has 1 aliphatic rings. The number of piperidine rings is 1. The maximum atomic E-state index is 11.3. The molecule has 0 spiro atoms. The average molecular weight is 264 g/mol. The molecule has 0 bridgehead atoms. The van der Waals surface area contributed by atoms with Gasteiger partial charge in [-0.25, -0.2) is 14.8 Å². The van der Waals surface area contributed by atoms with E-state index in [4.69, 9.17) is 5.73 Å². The molecule has 0 unspecified atom stereocenters. The lowest BCUT2D eigenvalue weighted by Crippen LogP contribution is -2.39. The standard InChI is InChI=1S/C12H16N4O3/c1-19-11(18)9-6-14-12(15-7-9)16-4-2-8(3-5-16)10(13)17/h6-8H,2-5H2,1H3,(H2,13,17). The van der Waals surface area contributed by atoms with Crippen LogP contribution in [0.2, 0.25) is 0 Å². The van der Waals surface area contributed by atoms with Gasteiger partial charge in [-0.1, -0.05) is 0 Å². The summed E-state index contributed by atoms with van der Waals surface area (Å²) in [5.74, 6) is -0.221. The highest BCUT2D eigenvalue weighted by molar-refractivity contribution is 5.88. The summed E-state index contributed by atoms with van der Waals surface area (Å²) in [6.45, 7) is 1.37. The number of hydrogen-bond donors (Lipinski definition) is 1. The van der Waals surface area contributed by atoms with Crippen molar-refractivity contribution in [3.63, 3.8) is 0 Å². The number of anilines is 1. The number of amides is 1. The van der Waals surface area contributed by atoms with Gasteiger partial charge in [0.05, 0.1) is 12.7 Å². The Balaban J connectivity index is 2.00. The molecule has 1 fully saturated rings. The molecule has 1 saturated heterocycles. The maximum absolute atomic E-state index is 11.3. The highest BCUT2D eigenvalue weighted by Crippen LogP contribution is 2.20. The van der Waals surface area contributed by atoms with E-state index in [9.17, 15) is 9.59 Å². The van der Waals surface area contributed by atoms with Gasteiger partial charge in [0.1, 0.15) is 0 Å². The highest BCUT2D eigenvalue weighted by Gasteiger charge is 2.24. The fraction of sp³-hybridized carbons (Fsp3) is 0.500. The van der Waals surface area contributed by atoms with Crippen LogP contribution in [0.4, 0.5) is 5.95 Å². The molecule has 2 heterocycles. The van der Waals surface area contributed by atoms with E-state index in [1.54, 1.807) is 0 Å². The minimum Gasteiger partial charge on any atom is -0.465 e.